The van der Waals surface area contributed by atoms with Crippen LogP contribution >= 0.6 is 0 Å². The largest absolute Gasteiger partial charge is 0.239 e. The molecule has 0 radical (unpaired) electrons. The number of rotatable bonds is 0. The molecule has 2 aliphatic rings. The lowest BCUT2D eigenvalue weighted by Gasteiger charge is -1.85. The summed E-state index contributed by atoms with van der Waals surface area (Å²) in [5.74, 6) is 6.22. The fourth-order valence-electron chi connectivity index (χ4n) is 1.81. The molecule has 0 unspecified atom stereocenters. The Labute approximate surface area is 106 Å². The van der Waals surface area contributed by atoms with Gasteiger partial charge in [-0.3, -0.25) is 0 Å². The molecule has 1 aliphatic heterocycles. The molecule has 0 atom stereocenters. The zero-order valence-electron chi connectivity index (χ0n) is 9.80. The predicted octanol–water partition coefficient (Wildman–Crippen LogP) is 3.59. The average Bonchev–Trinajstić information content (AvgIpc) is 2.68. The molecule has 18 heavy (non-hydrogen) atoms. The van der Waals surface area contributed by atoms with Crippen molar-refractivity contribution >= 4 is 0 Å². The van der Waals surface area contributed by atoms with E-state index in [1.165, 1.54) is 0 Å². The van der Waals surface area contributed by atoms with E-state index < -0.39 is 0 Å². The smallest absolute Gasteiger partial charge is 0.114 e. The first-order chi connectivity index (χ1) is 8.92. The molecule has 0 fully saturated rings. The molecule has 0 saturated carbocycles. The van der Waals surface area contributed by atoms with Crippen molar-refractivity contribution in [1.82, 2.24) is 4.98 Å². The van der Waals surface area contributed by atoms with Gasteiger partial charge in [0, 0.05) is 11.1 Å². The first-order valence-electron chi connectivity index (χ1n) is 5.85. The van der Waals surface area contributed by atoms with E-state index >= 15 is 0 Å². The van der Waals surface area contributed by atoms with E-state index in [2.05, 4.69) is 22.9 Å². The maximum atomic E-state index is 4.49. The minimum Gasteiger partial charge on any atom is -0.239 e. The van der Waals surface area contributed by atoms with Crippen LogP contribution in [0.1, 0.15) is 11.3 Å². The molecule has 0 N–H and O–H groups in total. The monoisotopic (exact) mass is 229 g/mol. The van der Waals surface area contributed by atoms with Gasteiger partial charge in [-0.2, -0.15) is 0 Å². The van der Waals surface area contributed by atoms with E-state index in [9.17, 15) is 0 Å². The molecule has 1 aromatic carbocycles. The summed E-state index contributed by atoms with van der Waals surface area (Å²) in [7, 11) is 0. The normalized spacial score (nSPS) is 9.78. The van der Waals surface area contributed by atoms with Gasteiger partial charge in [0.1, 0.15) is 5.69 Å². The fraction of sp³-hybridized carbons (Fsp3) is 0. The Bertz CT molecular complexity index is 659. The lowest BCUT2D eigenvalue weighted by Crippen LogP contribution is -1.74. The van der Waals surface area contributed by atoms with Crippen molar-refractivity contribution in [2.24, 2.45) is 0 Å². The third kappa shape index (κ3) is 2.23. The van der Waals surface area contributed by atoms with E-state index in [1.54, 1.807) is 0 Å². The number of benzene rings is 1. The zero-order valence-corrected chi connectivity index (χ0v) is 9.80. The maximum Gasteiger partial charge on any atom is 0.114 e. The lowest BCUT2D eigenvalue weighted by atomic mass is 10.2. The van der Waals surface area contributed by atoms with Gasteiger partial charge in [-0.05, 0) is 30.2 Å². The van der Waals surface area contributed by atoms with Crippen molar-refractivity contribution in [3.63, 3.8) is 0 Å². The van der Waals surface area contributed by atoms with Gasteiger partial charge in [-0.1, -0.05) is 48.4 Å². The molecular formula is C17H11N. The Morgan fingerprint density at radius 1 is 0.722 bits per heavy atom. The van der Waals surface area contributed by atoms with E-state index in [4.69, 9.17) is 0 Å². The Morgan fingerprint density at radius 3 is 2.28 bits per heavy atom. The standard InChI is InChI=1S/C17H11N/c1-3-7-14(8-4-1)11-12-16-13-15-9-5-2-6-10-17(15)18-16/h1-10,13H. The van der Waals surface area contributed by atoms with Gasteiger partial charge in [-0.25, -0.2) is 4.98 Å². The van der Waals surface area contributed by atoms with E-state index in [0.29, 0.717) is 0 Å². The van der Waals surface area contributed by atoms with Gasteiger partial charge in [0.25, 0.3) is 0 Å². The van der Waals surface area contributed by atoms with Crippen LogP contribution in [0.4, 0.5) is 0 Å². The van der Waals surface area contributed by atoms with E-state index in [1.807, 2.05) is 60.7 Å². The highest BCUT2D eigenvalue weighted by Gasteiger charge is 2.03. The summed E-state index contributed by atoms with van der Waals surface area (Å²) in [5.41, 5.74) is 3.94. The van der Waals surface area contributed by atoms with Crippen LogP contribution in [0.5, 0.6) is 0 Å². The summed E-state index contributed by atoms with van der Waals surface area (Å²) >= 11 is 0. The Morgan fingerprint density at radius 2 is 1.44 bits per heavy atom. The summed E-state index contributed by atoms with van der Waals surface area (Å²) in [6.07, 6.45) is 0. The molecule has 3 rings (SSSR count). The number of nitrogens with zero attached hydrogens (tertiary/aromatic N) is 1. The van der Waals surface area contributed by atoms with Gasteiger partial charge in [0.2, 0.25) is 0 Å². The number of hydrogen-bond acceptors (Lipinski definition) is 1. The first kappa shape index (κ1) is 10.6. The van der Waals surface area contributed by atoms with Crippen LogP contribution in [-0.4, -0.2) is 4.98 Å². The fourth-order valence-corrected chi connectivity index (χ4v) is 1.81. The minimum absolute atomic E-state index is 0.819. The molecule has 1 aliphatic carbocycles. The van der Waals surface area contributed by atoms with Crippen LogP contribution in [0.2, 0.25) is 0 Å². The topological polar surface area (TPSA) is 12.9 Å². The number of aromatic nitrogens is 1. The van der Waals surface area contributed by atoms with Crippen LogP contribution in [0.25, 0.3) is 11.3 Å². The summed E-state index contributed by atoms with van der Waals surface area (Å²) in [6.45, 7) is 0. The van der Waals surface area contributed by atoms with Gasteiger partial charge in [0.05, 0.1) is 5.69 Å². The van der Waals surface area contributed by atoms with Crippen molar-refractivity contribution in [2.75, 3.05) is 0 Å². The molecule has 1 heterocycles. The van der Waals surface area contributed by atoms with Crippen molar-refractivity contribution in [3.8, 4) is 23.1 Å². The highest BCUT2D eigenvalue weighted by atomic mass is 14.7. The Hall–Kier alpha value is -2.59. The summed E-state index contributed by atoms with van der Waals surface area (Å²) in [5, 5.41) is 0. The maximum absolute atomic E-state index is 4.49. The van der Waals surface area contributed by atoms with Crippen LogP contribution < -0.4 is 0 Å². The highest BCUT2D eigenvalue weighted by Crippen LogP contribution is 2.20. The molecule has 0 saturated heterocycles. The van der Waals surface area contributed by atoms with E-state index in [-0.39, 0.29) is 0 Å². The average molecular weight is 229 g/mol. The Balaban J connectivity index is 1.98. The van der Waals surface area contributed by atoms with Crippen LogP contribution in [0.15, 0.2) is 66.7 Å². The second-order valence-corrected chi connectivity index (χ2v) is 4.01. The molecule has 0 amide bonds. The highest BCUT2D eigenvalue weighted by molar-refractivity contribution is 5.64. The zero-order chi connectivity index (χ0) is 12.2. The summed E-state index contributed by atoms with van der Waals surface area (Å²) < 4.78 is 0. The van der Waals surface area contributed by atoms with Crippen LogP contribution in [0, 0.1) is 11.8 Å². The van der Waals surface area contributed by atoms with Crippen LogP contribution in [-0.2, 0) is 0 Å². The van der Waals surface area contributed by atoms with Crippen molar-refractivity contribution in [2.45, 2.75) is 0 Å². The van der Waals surface area contributed by atoms with Gasteiger partial charge in [-0.15, -0.1) is 0 Å². The third-order valence-corrected chi connectivity index (χ3v) is 2.69. The predicted molar refractivity (Wildman–Crippen MR) is 73.3 cm³/mol. The van der Waals surface area contributed by atoms with Gasteiger partial charge in [0.15, 0.2) is 0 Å². The lowest BCUT2D eigenvalue weighted by molar-refractivity contribution is 1.37. The van der Waals surface area contributed by atoms with Crippen molar-refractivity contribution in [1.29, 1.82) is 0 Å². The van der Waals surface area contributed by atoms with Gasteiger partial charge < -0.3 is 0 Å². The molecular weight excluding hydrogens is 218 g/mol. The minimum atomic E-state index is 0.819. The van der Waals surface area contributed by atoms with Crippen molar-refractivity contribution < 1.29 is 0 Å². The molecule has 0 spiro atoms. The number of hydrogen-bond donors (Lipinski definition) is 0. The SMILES string of the molecule is C(#Cc1cc2cccccc-2n1)c1ccccc1. The molecule has 1 heteroatoms. The van der Waals surface area contributed by atoms with E-state index in [0.717, 1.165) is 22.5 Å². The quantitative estimate of drug-likeness (QED) is 0.537. The first-order valence-corrected chi connectivity index (χ1v) is 5.85. The Kier molecular flexibility index (Phi) is 2.77. The number of fused-ring (bicyclic) bond motifs is 1. The van der Waals surface area contributed by atoms with Gasteiger partial charge >= 0.3 is 0 Å². The third-order valence-electron chi connectivity index (χ3n) is 2.69. The second kappa shape index (κ2) is 4.73. The van der Waals surface area contributed by atoms with Crippen molar-refractivity contribution in [3.05, 3.63) is 78.0 Å². The molecule has 84 valence electrons. The van der Waals surface area contributed by atoms with Crippen LogP contribution in [0.3, 0.4) is 0 Å². The summed E-state index contributed by atoms with van der Waals surface area (Å²) in [6, 6.07) is 22.0. The molecule has 1 aromatic rings. The molecule has 0 aromatic heterocycles. The molecule has 0 bridgehead atoms. The molecule has 1 nitrogen and oxygen atoms in total. The summed E-state index contributed by atoms with van der Waals surface area (Å²) in [4.78, 5) is 4.49. The second-order valence-electron chi connectivity index (χ2n) is 4.01.